The Bertz CT molecular complexity index is 973. The summed E-state index contributed by atoms with van der Waals surface area (Å²) < 4.78 is 18.7. The number of hydrogen-bond donors (Lipinski definition) is 1. The Morgan fingerprint density at radius 1 is 1.00 bits per heavy atom. The number of benzene rings is 2. The van der Waals surface area contributed by atoms with E-state index in [1.807, 2.05) is 0 Å². The van der Waals surface area contributed by atoms with Crippen LogP contribution in [0.25, 0.3) is 0 Å². The molecule has 0 bridgehead atoms. The van der Waals surface area contributed by atoms with Crippen LogP contribution in [0.3, 0.4) is 0 Å². The maximum atomic E-state index is 13.6. The van der Waals surface area contributed by atoms with Crippen molar-refractivity contribution >= 4 is 18.1 Å². The molecule has 1 aromatic heterocycles. The van der Waals surface area contributed by atoms with Crippen LogP contribution in [0, 0.1) is 5.82 Å². The van der Waals surface area contributed by atoms with E-state index in [1.165, 1.54) is 36.8 Å². The molecule has 0 aliphatic heterocycles. The average molecular weight is 363 g/mol. The summed E-state index contributed by atoms with van der Waals surface area (Å²) in [5, 5.41) is 3.87. The number of pyridine rings is 1. The summed E-state index contributed by atoms with van der Waals surface area (Å²) in [5.41, 5.74) is 3.38. The van der Waals surface area contributed by atoms with Gasteiger partial charge in [0.15, 0.2) is 0 Å². The number of hydrogen-bond acceptors (Lipinski definition) is 5. The average Bonchev–Trinajstić information content (AvgIpc) is 2.70. The number of esters is 1. The molecule has 0 atom stereocenters. The fourth-order valence-electron chi connectivity index (χ4n) is 2.14. The first-order valence-corrected chi connectivity index (χ1v) is 7.94. The Balaban J connectivity index is 1.58. The zero-order chi connectivity index (χ0) is 19.1. The summed E-state index contributed by atoms with van der Waals surface area (Å²) in [6, 6.07) is 15.1. The number of ether oxygens (including phenoxy) is 1. The van der Waals surface area contributed by atoms with Crippen molar-refractivity contribution in [3.8, 4) is 5.75 Å². The Hall–Kier alpha value is -3.87. The van der Waals surface area contributed by atoms with Gasteiger partial charge < -0.3 is 4.74 Å². The summed E-state index contributed by atoms with van der Waals surface area (Å²) in [6.45, 7) is 0. The zero-order valence-electron chi connectivity index (χ0n) is 14.0. The molecule has 0 aliphatic carbocycles. The number of carbonyl (C=O) groups is 2. The minimum atomic E-state index is -0.779. The number of nitrogens with one attached hydrogen (secondary N) is 1. The highest BCUT2D eigenvalue weighted by molar-refractivity contribution is 5.94. The molecule has 3 aromatic rings. The van der Waals surface area contributed by atoms with Crippen molar-refractivity contribution in [1.29, 1.82) is 0 Å². The molecule has 134 valence electrons. The normalized spacial score (nSPS) is 10.6. The summed E-state index contributed by atoms with van der Waals surface area (Å²) >= 11 is 0. The van der Waals surface area contributed by atoms with Crippen LogP contribution in [-0.2, 0) is 0 Å². The summed E-state index contributed by atoms with van der Waals surface area (Å²) in [4.78, 5) is 27.6. The van der Waals surface area contributed by atoms with Gasteiger partial charge in [-0.1, -0.05) is 12.1 Å². The highest BCUT2D eigenvalue weighted by Crippen LogP contribution is 2.15. The molecular weight excluding hydrogens is 349 g/mol. The molecule has 0 saturated heterocycles. The van der Waals surface area contributed by atoms with Crippen LogP contribution in [0.5, 0.6) is 5.75 Å². The molecule has 0 unspecified atom stereocenters. The number of carbonyl (C=O) groups excluding carboxylic acids is 2. The molecule has 6 nitrogen and oxygen atoms in total. The molecule has 0 fully saturated rings. The van der Waals surface area contributed by atoms with Crippen molar-refractivity contribution < 1.29 is 18.7 Å². The van der Waals surface area contributed by atoms with Crippen LogP contribution in [0.15, 0.2) is 78.2 Å². The van der Waals surface area contributed by atoms with Crippen molar-refractivity contribution in [1.82, 2.24) is 10.4 Å². The minimum absolute atomic E-state index is 0.137. The van der Waals surface area contributed by atoms with E-state index in [0.717, 1.165) is 0 Å². The summed E-state index contributed by atoms with van der Waals surface area (Å²) in [6.07, 6.45) is 4.47. The maximum absolute atomic E-state index is 13.6. The minimum Gasteiger partial charge on any atom is -0.423 e. The standard InChI is InChI=1S/C20H14FN3O3/c21-18-4-2-1-3-17(18)20(26)27-16-7-5-14(6-8-16)13-23-24-19(25)15-9-11-22-12-10-15/h1-13H,(H,24,25)/b23-13-. The lowest BCUT2D eigenvalue weighted by molar-refractivity contribution is 0.0729. The van der Waals surface area contributed by atoms with E-state index in [2.05, 4.69) is 15.5 Å². The van der Waals surface area contributed by atoms with Crippen molar-refractivity contribution in [3.63, 3.8) is 0 Å². The molecule has 2 aromatic carbocycles. The summed E-state index contributed by atoms with van der Waals surface area (Å²) in [7, 11) is 0. The Morgan fingerprint density at radius 2 is 1.70 bits per heavy atom. The van der Waals surface area contributed by atoms with Crippen molar-refractivity contribution in [2.75, 3.05) is 0 Å². The van der Waals surface area contributed by atoms with Gasteiger partial charge in [0.2, 0.25) is 0 Å². The van der Waals surface area contributed by atoms with Crippen LogP contribution in [-0.4, -0.2) is 23.1 Å². The van der Waals surface area contributed by atoms with Gasteiger partial charge in [0.05, 0.1) is 11.8 Å². The van der Waals surface area contributed by atoms with Crippen molar-refractivity contribution in [2.45, 2.75) is 0 Å². The Morgan fingerprint density at radius 3 is 2.41 bits per heavy atom. The van der Waals surface area contributed by atoms with E-state index in [-0.39, 0.29) is 17.2 Å². The zero-order valence-corrected chi connectivity index (χ0v) is 14.0. The lowest BCUT2D eigenvalue weighted by Crippen LogP contribution is -2.17. The topological polar surface area (TPSA) is 80.6 Å². The largest absolute Gasteiger partial charge is 0.423 e. The number of hydrazone groups is 1. The molecule has 7 heteroatoms. The quantitative estimate of drug-likeness (QED) is 0.327. The summed E-state index contributed by atoms with van der Waals surface area (Å²) in [5.74, 6) is -1.51. The van der Waals surface area contributed by atoms with Crippen LogP contribution in [0.2, 0.25) is 0 Å². The SMILES string of the molecule is O=C(N/N=C\c1ccc(OC(=O)c2ccccc2F)cc1)c1ccncc1. The number of rotatable bonds is 5. The fraction of sp³-hybridized carbons (Fsp3) is 0. The first kappa shape index (κ1) is 17.9. The number of amides is 1. The molecule has 0 saturated carbocycles. The lowest BCUT2D eigenvalue weighted by Gasteiger charge is -2.05. The van der Waals surface area contributed by atoms with Gasteiger partial charge in [0, 0.05) is 18.0 Å². The third kappa shape index (κ3) is 4.82. The van der Waals surface area contributed by atoms with Gasteiger partial charge in [-0.3, -0.25) is 9.78 Å². The monoisotopic (exact) mass is 363 g/mol. The van der Waals surface area contributed by atoms with Gasteiger partial charge in [-0.15, -0.1) is 0 Å². The molecule has 27 heavy (non-hydrogen) atoms. The molecule has 1 amide bonds. The predicted molar refractivity (Wildman–Crippen MR) is 97.1 cm³/mol. The number of halogens is 1. The van der Waals surface area contributed by atoms with Crippen LogP contribution in [0.1, 0.15) is 26.3 Å². The molecular formula is C20H14FN3O3. The predicted octanol–water partition coefficient (Wildman–Crippen LogP) is 3.20. The third-order valence-electron chi connectivity index (χ3n) is 3.51. The van der Waals surface area contributed by atoms with Gasteiger partial charge in [-0.05, 0) is 54.1 Å². The van der Waals surface area contributed by atoms with Crippen molar-refractivity contribution in [2.24, 2.45) is 5.10 Å². The first-order chi connectivity index (χ1) is 13.1. The van der Waals surface area contributed by atoms with E-state index in [0.29, 0.717) is 11.1 Å². The highest BCUT2D eigenvalue weighted by Gasteiger charge is 2.13. The van der Waals surface area contributed by atoms with Crippen molar-refractivity contribution in [3.05, 3.63) is 95.6 Å². The van der Waals surface area contributed by atoms with Gasteiger partial charge in [-0.2, -0.15) is 5.10 Å². The second kappa shape index (κ2) is 8.48. The Kier molecular flexibility index (Phi) is 5.64. The highest BCUT2D eigenvalue weighted by atomic mass is 19.1. The van der Waals surface area contributed by atoms with Gasteiger partial charge in [0.25, 0.3) is 5.91 Å². The third-order valence-corrected chi connectivity index (χ3v) is 3.51. The molecule has 0 aliphatic rings. The van der Waals surface area contributed by atoms with E-state index in [1.54, 1.807) is 42.5 Å². The second-order valence-electron chi connectivity index (χ2n) is 5.37. The van der Waals surface area contributed by atoms with E-state index in [4.69, 9.17) is 4.74 Å². The first-order valence-electron chi connectivity index (χ1n) is 7.94. The Labute approximate surface area is 154 Å². The lowest BCUT2D eigenvalue weighted by atomic mass is 10.2. The smallest absolute Gasteiger partial charge is 0.346 e. The van der Waals surface area contributed by atoms with E-state index < -0.39 is 11.8 Å². The molecule has 3 rings (SSSR count). The van der Waals surface area contributed by atoms with Gasteiger partial charge in [0.1, 0.15) is 11.6 Å². The second-order valence-corrected chi connectivity index (χ2v) is 5.37. The molecule has 0 spiro atoms. The number of aromatic nitrogens is 1. The maximum Gasteiger partial charge on any atom is 0.346 e. The van der Waals surface area contributed by atoms with Crippen LogP contribution in [0.4, 0.5) is 4.39 Å². The molecule has 1 N–H and O–H groups in total. The fourth-order valence-corrected chi connectivity index (χ4v) is 2.14. The van der Waals surface area contributed by atoms with Gasteiger partial charge >= 0.3 is 5.97 Å². The van der Waals surface area contributed by atoms with E-state index >= 15 is 0 Å². The molecule has 0 radical (unpaired) electrons. The number of nitrogens with zero attached hydrogens (tertiary/aromatic N) is 2. The van der Waals surface area contributed by atoms with Crippen LogP contribution >= 0.6 is 0 Å². The van der Waals surface area contributed by atoms with Crippen LogP contribution < -0.4 is 10.2 Å². The molecule has 1 heterocycles. The van der Waals surface area contributed by atoms with E-state index in [9.17, 15) is 14.0 Å². The van der Waals surface area contributed by atoms with Gasteiger partial charge in [-0.25, -0.2) is 14.6 Å².